The van der Waals surface area contributed by atoms with Gasteiger partial charge in [0.15, 0.2) is 0 Å². The van der Waals surface area contributed by atoms with Gasteiger partial charge in [0.25, 0.3) is 0 Å². The smallest absolute Gasteiger partial charge is 0.0462 e. The Morgan fingerprint density at radius 2 is 2.28 bits per heavy atom. The molecule has 90 valence electrons. The molecule has 0 saturated heterocycles. The summed E-state index contributed by atoms with van der Waals surface area (Å²) in [4.78, 5) is 5.80. The maximum atomic E-state index is 4.14. The number of fused-ring (bicyclic) bond motifs is 2. The summed E-state index contributed by atoms with van der Waals surface area (Å²) < 4.78 is 0. The molecule has 1 aromatic heterocycles. The van der Waals surface area contributed by atoms with Crippen LogP contribution in [0.3, 0.4) is 0 Å². The van der Waals surface area contributed by atoms with Crippen LogP contribution < -0.4 is 0 Å². The van der Waals surface area contributed by atoms with Crippen molar-refractivity contribution in [2.75, 3.05) is 13.6 Å². The van der Waals surface area contributed by atoms with Crippen LogP contribution in [0, 0.1) is 0 Å². The molecule has 0 unspecified atom stereocenters. The van der Waals surface area contributed by atoms with Crippen molar-refractivity contribution in [3.05, 3.63) is 53.8 Å². The Morgan fingerprint density at radius 3 is 3.17 bits per heavy atom. The standard InChI is InChI=1S/C16H16N2/c1-10-6-13-12-4-3-5-14-16(12)11(8-17-14)7-15(13)18(2)9-10/h3-6,8,15,17H,1,7,9H2,2H3/t15-/m1/s1. The van der Waals surface area contributed by atoms with Gasteiger partial charge in [0.05, 0.1) is 0 Å². The molecule has 4 rings (SSSR count). The first-order valence-electron chi connectivity index (χ1n) is 6.43. The molecule has 1 aromatic carbocycles. The Kier molecular flexibility index (Phi) is 1.90. The van der Waals surface area contributed by atoms with Crippen LogP contribution >= 0.6 is 0 Å². The minimum absolute atomic E-state index is 0.504. The predicted octanol–water partition coefficient (Wildman–Crippen LogP) is 2.98. The number of H-pyrrole nitrogens is 1. The van der Waals surface area contributed by atoms with Crippen LogP contribution in [0.15, 0.2) is 42.6 Å². The Balaban J connectivity index is 2.05. The SMILES string of the molecule is C=C1C=C2c3cccc4[nH]cc(c34)C[C@H]2N(C)C1. The number of rotatable bonds is 0. The first-order valence-corrected chi connectivity index (χ1v) is 6.43. The summed E-state index contributed by atoms with van der Waals surface area (Å²) in [6, 6.07) is 7.04. The van der Waals surface area contributed by atoms with Gasteiger partial charge in [0.2, 0.25) is 0 Å². The van der Waals surface area contributed by atoms with Crippen molar-refractivity contribution in [2.24, 2.45) is 0 Å². The molecule has 2 aromatic rings. The minimum Gasteiger partial charge on any atom is -0.361 e. The lowest BCUT2D eigenvalue weighted by molar-refractivity contribution is 0.305. The number of hydrogen-bond acceptors (Lipinski definition) is 1. The number of likely N-dealkylation sites (N-methyl/N-ethyl adjacent to an activating group) is 1. The zero-order valence-electron chi connectivity index (χ0n) is 10.5. The molecular formula is C16H16N2. The van der Waals surface area contributed by atoms with Crippen LogP contribution in [0.25, 0.3) is 16.5 Å². The third kappa shape index (κ3) is 1.21. The van der Waals surface area contributed by atoms with Crippen molar-refractivity contribution in [1.29, 1.82) is 0 Å². The van der Waals surface area contributed by atoms with Crippen molar-refractivity contribution < 1.29 is 0 Å². The van der Waals surface area contributed by atoms with Crippen molar-refractivity contribution in [3.63, 3.8) is 0 Å². The number of benzene rings is 1. The minimum atomic E-state index is 0.504. The van der Waals surface area contributed by atoms with E-state index >= 15 is 0 Å². The lowest BCUT2D eigenvalue weighted by atomic mass is 9.81. The van der Waals surface area contributed by atoms with E-state index in [4.69, 9.17) is 0 Å². The van der Waals surface area contributed by atoms with Gasteiger partial charge in [-0.2, -0.15) is 0 Å². The topological polar surface area (TPSA) is 19.0 Å². The van der Waals surface area contributed by atoms with E-state index in [0.29, 0.717) is 6.04 Å². The maximum absolute atomic E-state index is 4.14. The van der Waals surface area contributed by atoms with Gasteiger partial charge >= 0.3 is 0 Å². The average Bonchev–Trinajstić information content (AvgIpc) is 2.76. The van der Waals surface area contributed by atoms with E-state index in [1.54, 1.807) is 0 Å². The van der Waals surface area contributed by atoms with Crippen molar-refractivity contribution >= 4 is 16.5 Å². The summed E-state index contributed by atoms with van der Waals surface area (Å²) in [5, 5.41) is 1.41. The van der Waals surface area contributed by atoms with E-state index in [0.717, 1.165) is 13.0 Å². The summed E-state index contributed by atoms with van der Waals surface area (Å²) in [6.45, 7) is 5.11. The molecule has 2 nitrogen and oxygen atoms in total. The molecule has 2 heteroatoms. The molecule has 0 bridgehead atoms. The van der Waals surface area contributed by atoms with Gasteiger partial charge in [-0.15, -0.1) is 0 Å². The van der Waals surface area contributed by atoms with Gasteiger partial charge in [-0.3, -0.25) is 4.90 Å². The largest absolute Gasteiger partial charge is 0.361 e. The number of aromatic amines is 1. The molecule has 18 heavy (non-hydrogen) atoms. The van der Waals surface area contributed by atoms with Crippen molar-refractivity contribution in [3.8, 4) is 0 Å². The molecular weight excluding hydrogens is 220 g/mol. The van der Waals surface area contributed by atoms with Gasteiger partial charge in [-0.1, -0.05) is 24.8 Å². The van der Waals surface area contributed by atoms with Gasteiger partial charge < -0.3 is 4.98 Å². The summed E-state index contributed by atoms with van der Waals surface area (Å²) >= 11 is 0. The summed E-state index contributed by atoms with van der Waals surface area (Å²) in [5.74, 6) is 0. The fraction of sp³-hybridized carbons (Fsp3) is 0.250. The molecule has 0 spiro atoms. The molecule has 0 fully saturated rings. The quantitative estimate of drug-likeness (QED) is 0.745. The number of nitrogens with one attached hydrogen (secondary N) is 1. The molecule has 1 aliphatic carbocycles. The molecule has 0 radical (unpaired) electrons. The normalized spacial score (nSPS) is 23.1. The van der Waals surface area contributed by atoms with Crippen LogP contribution in [-0.2, 0) is 6.42 Å². The highest BCUT2D eigenvalue weighted by atomic mass is 15.1. The van der Waals surface area contributed by atoms with E-state index in [-0.39, 0.29) is 0 Å². The zero-order valence-corrected chi connectivity index (χ0v) is 10.5. The Bertz CT molecular complexity index is 690. The van der Waals surface area contributed by atoms with Gasteiger partial charge in [-0.25, -0.2) is 0 Å². The summed E-state index contributed by atoms with van der Waals surface area (Å²) in [7, 11) is 2.20. The zero-order chi connectivity index (χ0) is 12.3. The Morgan fingerprint density at radius 1 is 1.39 bits per heavy atom. The molecule has 0 saturated carbocycles. The highest BCUT2D eigenvalue weighted by molar-refractivity contribution is 5.98. The van der Waals surface area contributed by atoms with Crippen molar-refractivity contribution in [1.82, 2.24) is 9.88 Å². The number of aromatic nitrogens is 1. The Hall–Kier alpha value is -1.80. The molecule has 0 amide bonds. The second kappa shape index (κ2) is 3.36. The lowest BCUT2D eigenvalue weighted by Gasteiger charge is -2.37. The van der Waals surface area contributed by atoms with E-state index < -0.39 is 0 Å². The van der Waals surface area contributed by atoms with Crippen LogP contribution in [0.2, 0.25) is 0 Å². The van der Waals surface area contributed by atoms with Gasteiger partial charge in [0.1, 0.15) is 0 Å². The summed E-state index contributed by atoms with van der Waals surface area (Å²) in [6.07, 6.45) is 5.56. The third-order valence-electron chi connectivity index (χ3n) is 4.21. The fourth-order valence-electron chi connectivity index (χ4n) is 3.42. The lowest BCUT2D eigenvalue weighted by Crippen LogP contribution is -2.39. The van der Waals surface area contributed by atoms with Gasteiger partial charge in [-0.05, 0) is 41.8 Å². The molecule has 2 aliphatic rings. The van der Waals surface area contributed by atoms with E-state index in [9.17, 15) is 0 Å². The molecule has 1 N–H and O–H groups in total. The highest BCUT2D eigenvalue weighted by Crippen LogP contribution is 2.40. The predicted molar refractivity (Wildman–Crippen MR) is 75.5 cm³/mol. The molecule has 1 aliphatic heterocycles. The first kappa shape index (κ1) is 10.2. The third-order valence-corrected chi connectivity index (χ3v) is 4.21. The maximum Gasteiger partial charge on any atom is 0.0462 e. The number of nitrogens with zero attached hydrogens (tertiary/aromatic N) is 1. The highest BCUT2D eigenvalue weighted by Gasteiger charge is 2.31. The van der Waals surface area contributed by atoms with Crippen molar-refractivity contribution in [2.45, 2.75) is 12.5 Å². The molecule has 2 heterocycles. The van der Waals surface area contributed by atoms with E-state index in [1.165, 1.54) is 33.2 Å². The monoisotopic (exact) mass is 236 g/mol. The van der Waals surface area contributed by atoms with Gasteiger partial charge in [0, 0.05) is 29.7 Å². The van der Waals surface area contributed by atoms with E-state index in [2.05, 4.69) is 54.0 Å². The second-order valence-corrected chi connectivity index (χ2v) is 5.44. The molecule has 1 atom stereocenters. The first-order chi connectivity index (χ1) is 8.74. The van der Waals surface area contributed by atoms with Crippen LogP contribution in [-0.4, -0.2) is 29.5 Å². The van der Waals surface area contributed by atoms with E-state index in [1.807, 2.05) is 0 Å². The summed E-state index contributed by atoms with van der Waals surface area (Å²) in [5.41, 5.74) is 6.72. The Labute approximate surface area is 107 Å². The van der Waals surface area contributed by atoms with Crippen LogP contribution in [0.4, 0.5) is 0 Å². The average molecular weight is 236 g/mol. The van der Waals surface area contributed by atoms with Crippen LogP contribution in [0.1, 0.15) is 11.1 Å². The number of hydrogen-bond donors (Lipinski definition) is 1. The fourth-order valence-corrected chi connectivity index (χ4v) is 3.42. The second-order valence-electron chi connectivity index (χ2n) is 5.44. The van der Waals surface area contributed by atoms with Crippen LogP contribution in [0.5, 0.6) is 0 Å².